The van der Waals surface area contributed by atoms with Gasteiger partial charge in [-0.15, -0.1) is 11.3 Å². The smallest absolute Gasteiger partial charge is 0.275 e. The first-order valence-corrected chi connectivity index (χ1v) is 7.00. The van der Waals surface area contributed by atoms with Crippen LogP contribution in [0, 0.1) is 0 Å². The molecule has 1 amide bonds. The van der Waals surface area contributed by atoms with Crippen LogP contribution in [0.4, 0.5) is 5.69 Å². The van der Waals surface area contributed by atoms with E-state index in [-0.39, 0.29) is 5.91 Å². The number of rotatable bonds is 4. The van der Waals surface area contributed by atoms with Crippen molar-refractivity contribution in [1.29, 1.82) is 0 Å². The molecule has 0 aliphatic rings. The van der Waals surface area contributed by atoms with Gasteiger partial charge in [-0.1, -0.05) is 0 Å². The molecule has 102 valence electrons. The number of aromatic nitrogens is 3. The van der Waals surface area contributed by atoms with Gasteiger partial charge in [-0.05, 0) is 18.2 Å². The van der Waals surface area contributed by atoms with E-state index in [2.05, 4.69) is 15.3 Å². The molecule has 0 saturated carbocycles. The fourth-order valence-corrected chi connectivity index (χ4v) is 2.59. The van der Waals surface area contributed by atoms with Crippen LogP contribution in [0.5, 0.6) is 0 Å². The third-order valence-corrected chi connectivity index (χ3v) is 3.63. The molecule has 20 heavy (non-hydrogen) atoms. The molecular formula is C13H13N5OS. The van der Waals surface area contributed by atoms with Gasteiger partial charge in [-0.25, -0.2) is 9.97 Å². The van der Waals surface area contributed by atoms with E-state index in [1.165, 1.54) is 11.3 Å². The van der Waals surface area contributed by atoms with E-state index in [1.807, 2.05) is 18.2 Å². The summed E-state index contributed by atoms with van der Waals surface area (Å²) in [6, 6.07) is 5.62. The average Bonchev–Trinajstić information content (AvgIpc) is 3.07. The van der Waals surface area contributed by atoms with Gasteiger partial charge in [0.1, 0.15) is 5.69 Å². The molecular weight excluding hydrogens is 274 g/mol. The second-order valence-corrected chi connectivity index (χ2v) is 5.16. The van der Waals surface area contributed by atoms with Gasteiger partial charge < -0.3 is 15.6 Å². The molecule has 0 aliphatic carbocycles. The van der Waals surface area contributed by atoms with Gasteiger partial charge in [0.25, 0.3) is 5.91 Å². The summed E-state index contributed by atoms with van der Waals surface area (Å²) in [6.07, 6.45) is 3.29. The predicted molar refractivity (Wildman–Crippen MR) is 78.9 cm³/mol. The van der Waals surface area contributed by atoms with Crippen molar-refractivity contribution in [2.45, 2.75) is 6.54 Å². The van der Waals surface area contributed by atoms with Gasteiger partial charge in [-0.2, -0.15) is 0 Å². The Morgan fingerprint density at radius 3 is 3.15 bits per heavy atom. The number of benzene rings is 1. The molecule has 3 rings (SSSR count). The normalized spacial score (nSPS) is 10.8. The van der Waals surface area contributed by atoms with Crippen LogP contribution >= 0.6 is 11.3 Å². The Morgan fingerprint density at radius 2 is 2.30 bits per heavy atom. The maximum atomic E-state index is 12.1. The Balaban J connectivity index is 1.76. The van der Waals surface area contributed by atoms with Crippen molar-refractivity contribution < 1.29 is 4.79 Å². The number of hydrogen-bond donors (Lipinski definition) is 2. The maximum Gasteiger partial charge on any atom is 0.275 e. The maximum absolute atomic E-state index is 12.1. The third kappa shape index (κ3) is 2.54. The lowest BCUT2D eigenvalue weighted by Gasteiger charge is -2.02. The lowest BCUT2D eigenvalue weighted by Crippen LogP contribution is -2.12. The van der Waals surface area contributed by atoms with Crippen molar-refractivity contribution in [2.75, 3.05) is 11.9 Å². The minimum absolute atomic E-state index is 0.232. The molecule has 0 atom stereocenters. The summed E-state index contributed by atoms with van der Waals surface area (Å²) in [6.45, 7) is 1.16. The number of nitrogens with two attached hydrogens (primary N) is 1. The van der Waals surface area contributed by atoms with E-state index in [4.69, 9.17) is 5.73 Å². The summed E-state index contributed by atoms with van der Waals surface area (Å²) in [5.74, 6) is -0.232. The summed E-state index contributed by atoms with van der Waals surface area (Å²) < 4.78 is 2.83. The summed E-state index contributed by atoms with van der Waals surface area (Å²) in [5, 5.41) is 2.83. The zero-order valence-corrected chi connectivity index (χ0v) is 11.4. The Morgan fingerprint density at radius 1 is 1.40 bits per heavy atom. The molecule has 0 aliphatic heterocycles. The van der Waals surface area contributed by atoms with E-state index in [0.717, 1.165) is 15.9 Å². The molecule has 7 heteroatoms. The molecule has 0 spiro atoms. The van der Waals surface area contributed by atoms with E-state index < -0.39 is 0 Å². The van der Waals surface area contributed by atoms with Crippen molar-refractivity contribution in [3.8, 4) is 0 Å². The van der Waals surface area contributed by atoms with Crippen molar-refractivity contribution >= 4 is 33.1 Å². The zero-order chi connectivity index (χ0) is 13.9. The molecule has 3 N–H and O–H groups in total. The van der Waals surface area contributed by atoms with Crippen LogP contribution in [0.1, 0.15) is 10.5 Å². The van der Waals surface area contributed by atoms with Crippen LogP contribution in [-0.4, -0.2) is 27.0 Å². The Labute approximate surface area is 119 Å². The largest absolute Gasteiger partial charge is 0.335 e. The number of carbonyl (C=O) groups excluding carboxylic acids is 1. The fraction of sp³-hybridized carbons (Fsp3) is 0.154. The van der Waals surface area contributed by atoms with Crippen LogP contribution in [0.2, 0.25) is 0 Å². The quantitative estimate of drug-likeness (QED) is 0.764. The fourth-order valence-electron chi connectivity index (χ4n) is 1.88. The summed E-state index contributed by atoms with van der Waals surface area (Å²) in [7, 11) is 0. The van der Waals surface area contributed by atoms with Crippen molar-refractivity contribution in [2.24, 2.45) is 5.73 Å². The van der Waals surface area contributed by atoms with Gasteiger partial charge in [0.2, 0.25) is 0 Å². The number of imidazole rings is 1. The van der Waals surface area contributed by atoms with Crippen molar-refractivity contribution in [3.63, 3.8) is 0 Å². The summed E-state index contributed by atoms with van der Waals surface area (Å²) >= 11 is 1.54. The summed E-state index contributed by atoms with van der Waals surface area (Å²) in [4.78, 5) is 20.3. The van der Waals surface area contributed by atoms with Gasteiger partial charge >= 0.3 is 0 Å². The molecule has 0 radical (unpaired) electrons. The lowest BCUT2D eigenvalue weighted by molar-refractivity contribution is 0.102. The van der Waals surface area contributed by atoms with Gasteiger partial charge in [-0.3, -0.25) is 4.79 Å². The molecule has 2 heterocycles. The molecule has 0 unspecified atom stereocenters. The van der Waals surface area contributed by atoms with Gasteiger partial charge in [0.15, 0.2) is 0 Å². The molecule has 0 fully saturated rings. The van der Waals surface area contributed by atoms with E-state index in [0.29, 0.717) is 18.8 Å². The number of nitrogens with zero attached hydrogens (tertiary/aromatic N) is 3. The standard InChI is InChI=1S/C13H13N5OS/c14-3-4-18-6-11(15-7-18)13(19)17-9-1-2-10-12(5-9)20-8-16-10/h1-2,5-8H,3-4,14H2,(H,17,19). The van der Waals surface area contributed by atoms with Crippen LogP contribution in [-0.2, 0) is 6.54 Å². The second-order valence-electron chi connectivity index (χ2n) is 4.27. The number of nitrogens with one attached hydrogen (secondary N) is 1. The predicted octanol–water partition coefficient (Wildman–Crippen LogP) is 1.70. The Kier molecular flexibility index (Phi) is 3.44. The molecule has 6 nitrogen and oxygen atoms in total. The monoisotopic (exact) mass is 287 g/mol. The second kappa shape index (κ2) is 5.40. The summed E-state index contributed by atoms with van der Waals surface area (Å²) in [5.41, 5.74) is 9.29. The zero-order valence-electron chi connectivity index (χ0n) is 10.6. The first-order chi connectivity index (χ1) is 9.76. The number of fused-ring (bicyclic) bond motifs is 1. The van der Waals surface area contributed by atoms with Crippen LogP contribution in [0.25, 0.3) is 10.2 Å². The molecule has 0 bridgehead atoms. The van der Waals surface area contributed by atoms with Crippen LogP contribution < -0.4 is 11.1 Å². The van der Waals surface area contributed by atoms with Crippen LogP contribution in [0.15, 0.2) is 36.2 Å². The topological polar surface area (TPSA) is 85.8 Å². The number of amides is 1. The first kappa shape index (κ1) is 12.8. The minimum atomic E-state index is -0.232. The van der Waals surface area contributed by atoms with Crippen molar-refractivity contribution in [1.82, 2.24) is 14.5 Å². The van der Waals surface area contributed by atoms with Gasteiger partial charge in [0, 0.05) is 25.0 Å². The van der Waals surface area contributed by atoms with Crippen LogP contribution in [0.3, 0.4) is 0 Å². The third-order valence-electron chi connectivity index (χ3n) is 2.84. The number of hydrogen-bond acceptors (Lipinski definition) is 5. The lowest BCUT2D eigenvalue weighted by atomic mass is 10.3. The van der Waals surface area contributed by atoms with Gasteiger partial charge in [0.05, 0.1) is 22.1 Å². The van der Waals surface area contributed by atoms with Crippen molar-refractivity contribution in [3.05, 3.63) is 41.9 Å². The minimum Gasteiger partial charge on any atom is -0.335 e. The van der Waals surface area contributed by atoms with E-state index in [9.17, 15) is 4.79 Å². The number of carbonyl (C=O) groups is 1. The molecule has 1 aromatic carbocycles. The highest BCUT2D eigenvalue weighted by Gasteiger charge is 2.10. The Bertz CT molecular complexity index is 748. The highest BCUT2D eigenvalue weighted by molar-refractivity contribution is 7.16. The van der Waals surface area contributed by atoms with E-state index in [1.54, 1.807) is 22.6 Å². The number of anilines is 1. The first-order valence-electron chi connectivity index (χ1n) is 6.13. The highest BCUT2D eigenvalue weighted by Crippen LogP contribution is 2.22. The molecule has 0 saturated heterocycles. The highest BCUT2D eigenvalue weighted by atomic mass is 32.1. The average molecular weight is 287 g/mol. The molecule has 3 aromatic rings. The Hall–Kier alpha value is -2.25. The molecule has 2 aromatic heterocycles. The number of thiazole rings is 1. The SMILES string of the molecule is NCCn1cnc(C(=O)Nc2ccc3ncsc3c2)c1. The van der Waals surface area contributed by atoms with E-state index >= 15 is 0 Å².